The van der Waals surface area contributed by atoms with Gasteiger partial charge in [0, 0.05) is 21.8 Å². The highest BCUT2D eigenvalue weighted by molar-refractivity contribution is 9.10. The molecule has 3 N–H and O–H groups in total. The van der Waals surface area contributed by atoms with E-state index >= 15 is 0 Å². The van der Waals surface area contributed by atoms with Crippen LogP contribution in [-0.4, -0.2) is 11.9 Å². The molecular weight excluding hydrogens is 292 g/mol. The number of rotatable bonds is 2. The third kappa shape index (κ3) is 3.73. The van der Waals surface area contributed by atoms with E-state index in [1.165, 1.54) is 25.7 Å². The lowest BCUT2D eigenvalue weighted by atomic mass is 10.1. The maximum atomic E-state index is 12.1. The van der Waals surface area contributed by atoms with Crippen LogP contribution in [0, 0.1) is 0 Å². The van der Waals surface area contributed by atoms with Gasteiger partial charge in [-0.1, -0.05) is 41.6 Å². The Kier molecular flexibility index (Phi) is 4.64. The minimum Gasteiger partial charge on any atom is -0.399 e. The molecule has 0 aliphatic heterocycles. The summed E-state index contributed by atoms with van der Waals surface area (Å²) in [4.78, 5) is 12.1. The number of anilines is 1. The Bertz CT molecular complexity index is 406. The lowest BCUT2D eigenvalue weighted by Gasteiger charge is -2.16. The van der Waals surface area contributed by atoms with Gasteiger partial charge in [-0.2, -0.15) is 0 Å². The molecule has 1 amide bonds. The molecule has 1 aliphatic rings. The molecule has 18 heavy (non-hydrogen) atoms. The average Bonchev–Trinajstić information content (AvgIpc) is 2.56. The van der Waals surface area contributed by atoms with Gasteiger partial charge in [-0.05, 0) is 31.0 Å². The SMILES string of the molecule is Nc1cc(Br)cc(C(=O)NC2CCCCCC2)c1. The second kappa shape index (κ2) is 6.23. The van der Waals surface area contributed by atoms with Crippen molar-refractivity contribution in [3.8, 4) is 0 Å². The van der Waals surface area contributed by atoms with E-state index in [1.807, 2.05) is 6.07 Å². The number of amides is 1. The van der Waals surface area contributed by atoms with Crippen molar-refractivity contribution in [1.29, 1.82) is 0 Å². The van der Waals surface area contributed by atoms with E-state index in [9.17, 15) is 4.79 Å². The number of benzene rings is 1. The molecule has 2 rings (SSSR count). The standard InChI is InChI=1S/C14H19BrN2O/c15-11-7-10(8-12(16)9-11)14(18)17-13-5-3-1-2-4-6-13/h7-9,13H,1-6,16H2,(H,17,18). The molecule has 0 spiro atoms. The second-order valence-corrected chi connectivity index (χ2v) is 5.85. The van der Waals surface area contributed by atoms with Gasteiger partial charge >= 0.3 is 0 Å². The first-order valence-corrected chi connectivity index (χ1v) is 7.31. The van der Waals surface area contributed by atoms with Crippen molar-refractivity contribution in [3.63, 3.8) is 0 Å². The molecule has 1 fully saturated rings. The Labute approximate surface area is 116 Å². The van der Waals surface area contributed by atoms with Crippen LogP contribution in [0.2, 0.25) is 0 Å². The van der Waals surface area contributed by atoms with Gasteiger partial charge in [-0.3, -0.25) is 4.79 Å². The molecule has 0 heterocycles. The summed E-state index contributed by atoms with van der Waals surface area (Å²) >= 11 is 3.36. The number of nitrogens with one attached hydrogen (secondary N) is 1. The molecule has 0 bridgehead atoms. The highest BCUT2D eigenvalue weighted by Gasteiger charge is 2.16. The van der Waals surface area contributed by atoms with Crippen LogP contribution in [0.4, 0.5) is 5.69 Å². The van der Waals surface area contributed by atoms with E-state index in [0.29, 0.717) is 17.3 Å². The first-order valence-electron chi connectivity index (χ1n) is 6.52. The number of hydrogen-bond donors (Lipinski definition) is 2. The van der Waals surface area contributed by atoms with Gasteiger partial charge in [0.1, 0.15) is 0 Å². The fourth-order valence-electron chi connectivity index (χ4n) is 2.44. The molecule has 1 aromatic carbocycles. The van der Waals surface area contributed by atoms with Crippen molar-refractivity contribution in [2.75, 3.05) is 5.73 Å². The van der Waals surface area contributed by atoms with E-state index in [4.69, 9.17) is 5.73 Å². The van der Waals surface area contributed by atoms with Gasteiger partial charge in [-0.25, -0.2) is 0 Å². The molecular formula is C14H19BrN2O. The quantitative estimate of drug-likeness (QED) is 0.649. The monoisotopic (exact) mass is 310 g/mol. The molecule has 0 radical (unpaired) electrons. The summed E-state index contributed by atoms with van der Waals surface area (Å²) in [5.74, 6) is -0.0186. The topological polar surface area (TPSA) is 55.1 Å². The van der Waals surface area contributed by atoms with Crippen LogP contribution in [0.15, 0.2) is 22.7 Å². The zero-order valence-electron chi connectivity index (χ0n) is 10.4. The molecule has 1 saturated carbocycles. The third-order valence-corrected chi connectivity index (χ3v) is 3.83. The third-order valence-electron chi connectivity index (χ3n) is 3.37. The maximum Gasteiger partial charge on any atom is 0.251 e. The fourth-order valence-corrected chi connectivity index (χ4v) is 2.95. The van der Waals surface area contributed by atoms with Crippen molar-refractivity contribution in [3.05, 3.63) is 28.2 Å². The molecule has 0 aromatic heterocycles. The zero-order chi connectivity index (χ0) is 13.0. The molecule has 4 heteroatoms. The minimum atomic E-state index is -0.0186. The number of carbonyl (C=O) groups excluding carboxylic acids is 1. The van der Waals surface area contributed by atoms with Gasteiger partial charge in [-0.15, -0.1) is 0 Å². The second-order valence-electron chi connectivity index (χ2n) is 4.94. The Morgan fingerprint density at radius 2 is 1.83 bits per heavy atom. The van der Waals surface area contributed by atoms with Crippen LogP contribution in [0.25, 0.3) is 0 Å². The predicted molar refractivity (Wildman–Crippen MR) is 77.5 cm³/mol. The van der Waals surface area contributed by atoms with Gasteiger partial charge in [0.2, 0.25) is 0 Å². The first-order chi connectivity index (χ1) is 8.65. The van der Waals surface area contributed by atoms with E-state index < -0.39 is 0 Å². The van der Waals surface area contributed by atoms with Crippen molar-refractivity contribution in [1.82, 2.24) is 5.32 Å². The van der Waals surface area contributed by atoms with E-state index in [2.05, 4.69) is 21.2 Å². The molecule has 1 aromatic rings. The van der Waals surface area contributed by atoms with Crippen molar-refractivity contribution < 1.29 is 4.79 Å². The van der Waals surface area contributed by atoms with Crippen LogP contribution < -0.4 is 11.1 Å². The lowest BCUT2D eigenvalue weighted by Crippen LogP contribution is -2.34. The summed E-state index contributed by atoms with van der Waals surface area (Å²) in [6.45, 7) is 0. The Hall–Kier alpha value is -1.03. The van der Waals surface area contributed by atoms with Crippen LogP contribution in [-0.2, 0) is 0 Å². The van der Waals surface area contributed by atoms with E-state index in [-0.39, 0.29) is 5.91 Å². The molecule has 0 saturated heterocycles. The van der Waals surface area contributed by atoms with Crippen LogP contribution >= 0.6 is 15.9 Å². The summed E-state index contributed by atoms with van der Waals surface area (Å²) in [6, 6.07) is 5.64. The van der Waals surface area contributed by atoms with E-state index in [0.717, 1.165) is 17.3 Å². The Morgan fingerprint density at radius 3 is 2.44 bits per heavy atom. The highest BCUT2D eigenvalue weighted by Crippen LogP contribution is 2.20. The van der Waals surface area contributed by atoms with Crippen LogP contribution in [0.1, 0.15) is 48.9 Å². The maximum absolute atomic E-state index is 12.1. The van der Waals surface area contributed by atoms with Gasteiger partial charge in [0.25, 0.3) is 5.91 Å². The molecule has 3 nitrogen and oxygen atoms in total. The Morgan fingerprint density at radius 1 is 1.17 bits per heavy atom. The number of carbonyl (C=O) groups is 1. The van der Waals surface area contributed by atoms with Crippen molar-refractivity contribution in [2.45, 2.75) is 44.6 Å². The van der Waals surface area contributed by atoms with Crippen molar-refractivity contribution >= 4 is 27.5 Å². The normalized spacial score (nSPS) is 17.2. The number of hydrogen-bond acceptors (Lipinski definition) is 2. The van der Waals surface area contributed by atoms with Crippen LogP contribution in [0.3, 0.4) is 0 Å². The number of nitrogens with two attached hydrogens (primary N) is 1. The van der Waals surface area contributed by atoms with Gasteiger partial charge < -0.3 is 11.1 Å². The number of halogens is 1. The lowest BCUT2D eigenvalue weighted by molar-refractivity contribution is 0.0933. The predicted octanol–water partition coefficient (Wildman–Crippen LogP) is 3.48. The fraction of sp³-hybridized carbons (Fsp3) is 0.500. The summed E-state index contributed by atoms with van der Waals surface area (Å²) in [7, 11) is 0. The largest absolute Gasteiger partial charge is 0.399 e. The van der Waals surface area contributed by atoms with E-state index in [1.54, 1.807) is 12.1 Å². The zero-order valence-corrected chi connectivity index (χ0v) is 12.0. The minimum absolute atomic E-state index is 0.0186. The number of nitrogen functional groups attached to an aromatic ring is 1. The summed E-state index contributed by atoms with van der Waals surface area (Å²) in [5, 5.41) is 3.11. The molecule has 1 aliphatic carbocycles. The summed E-state index contributed by atoms with van der Waals surface area (Å²) < 4.78 is 0.841. The van der Waals surface area contributed by atoms with Crippen molar-refractivity contribution in [2.24, 2.45) is 0 Å². The summed E-state index contributed by atoms with van der Waals surface area (Å²) in [5.41, 5.74) is 6.98. The van der Waals surface area contributed by atoms with Gasteiger partial charge in [0.15, 0.2) is 0 Å². The Balaban J connectivity index is 2.01. The highest BCUT2D eigenvalue weighted by atomic mass is 79.9. The average molecular weight is 311 g/mol. The molecule has 0 unspecified atom stereocenters. The smallest absolute Gasteiger partial charge is 0.251 e. The molecule has 0 atom stereocenters. The van der Waals surface area contributed by atoms with Gasteiger partial charge in [0.05, 0.1) is 0 Å². The van der Waals surface area contributed by atoms with Crippen LogP contribution in [0.5, 0.6) is 0 Å². The molecule has 98 valence electrons. The summed E-state index contributed by atoms with van der Waals surface area (Å²) in [6.07, 6.45) is 7.19. The first kappa shape index (κ1) is 13.4.